The van der Waals surface area contributed by atoms with Gasteiger partial charge in [-0.2, -0.15) is 0 Å². The number of esters is 1. The molecular weight excluding hydrogens is 458 g/mol. The van der Waals surface area contributed by atoms with Gasteiger partial charge in [0.15, 0.2) is 0 Å². The van der Waals surface area contributed by atoms with Crippen molar-refractivity contribution in [1.82, 2.24) is 20.9 Å². The minimum atomic E-state index is -0.566. The number of likely N-dealkylation sites (tertiary alicyclic amines) is 1. The van der Waals surface area contributed by atoms with Crippen LogP contribution in [0.4, 0.5) is 0 Å². The first-order valence-corrected chi connectivity index (χ1v) is 12.4. The average molecular weight is 496 g/mol. The second-order valence-corrected chi connectivity index (χ2v) is 8.96. The number of carbonyl (C=O) groups is 3. The van der Waals surface area contributed by atoms with Gasteiger partial charge in [0.2, 0.25) is 11.8 Å². The summed E-state index contributed by atoms with van der Waals surface area (Å²) in [5.41, 5.74) is 7.19. The number of nitrogens with zero attached hydrogens (tertiary/aromatic N) is 1. The third-order valence-corrected chi connectivity index (χ3v) is 6.64. The Morgan fingerprint density at radius 3 is 2.56 bits per heavy atom. The fraction of sp³-hybridized carbons (Fsp3) is 0.444. The number of methoxy groups -OCH3 is 1. The minimum Gasteiger partial charge on any atom is -0.466 e. The lowest BCUT2D eigenvalue weighted by Gasteiger charge is -2.38. The monoisotopic (exact) mass is 495 g/mol. The maximum atomic E-state index is 12.6. The van der Waals surface area contributed by atoms with Crippen molar-refractivity contribution >= 4 is 28.6 Å². The standard InChI is InChI=1S/C27H37N5O4/c1-19(22-10-5-8-20-7-3-4-9-23(20)22)32-15-12-21(13-16-32)31-24(17-28)27(35)30-18-25(33)29-14-6-11-26(34)36-2/h3-11,19,21,24,31H,12-18,28H2,1-2H3,(H,29,33)(H,30,35)/b11-6+. The minimum absolute atomic E-state index is 0.141. The van der Waals surface area contributed by atoms with E-state index in [-0.39, 0.29) is 37.5 Å². The van der Waals surface area contributed by atoms with Gasteiger partial charge in [-0.05, 0) is 36.1 Å². The average Bonchev–Trinajstić information content (AvgIpc) is 2.92. The molecule has 9 heteroatoms. The normalized spacial score (nSPS) is 16.5. The summed E-state index contributed by atoms with van der Waals surface area (Å²) in [6, 6.07) is 14.8. The molecule has 1 aliphatic heterocycles. The molecule has 5 N–H and O–H groups in total. The van der Waals surface area contributed by atoms with Gasteiger partial charge in [0.25, 0.3) is 0 Å². The molecule has 9 nitrogen and oxygen atoms in total. The van der Waals surface area contributed by atoms with Crippen LogP contribution in [0.3, 0.4) is 0 Å². The van der Waals surface area contributed by atoms with E-state index < -0.39 is 12.0 Å². The Morgan fingerprint density at radius 2 is 1.83 bits per heavy atom. The molecule has 1 fully saturated rings. The van der Waals surface area contributed by atoms with Gasteiger partial charge in [-0.25, -0.2) is 4.79 Å². The van der Waals surface area contributed by atoms with Gasteiger partial charge in [0.05, 0.1) is 19.7 Å². The second kappa shape index (κ2) is 13.7. The van der Waals surface area contributed by atoms with Gasteiger partial charge < -0.3 is 26.4 Å². The molecule has 0 spiro atoms. The molecule has 36 heavy (non-hydrogen) atoms. The van der Waals surface area contributed by atoms with Crippen molar-refractivity contribution < 1.29 is 19.1 Å². The highest BCUT2D eigenvalue weighted by Crippen LogP contribution is 2.30. The van der Waals surface area contributed by atoms with Crippen molar-refractivity contribution in [3.8, 4) is 0 Å². The van der Waals surface area contributed by atoms with Crippen LogP contribution in [0.1, 0.15) is 31.4 Å². The van der Waals surface area contributed by atoms with Crippen LogP contribution >= 0.6 is 0 Å². The fourth-order valence-corrected chi connectivity index (χ4v) is 4.55. The van der Waals surface area contributed by atoms with E-state index in [9.17, 15) is 14.4 Å². The summed E-state index contributed by atoms with van der Waals surface area (Å²) in [5.74, 6) is -1.16. The van der Waals surface area contributed by atoms with Crippen LogP contribution in [0.2, 0.25) is 0 Å². The van der Waals surface area contributed by atoms with Gasteiger partial charge >= 0.3 is 5.97 Å². The van der Waals surface area contributed by atoms with Crippen LogP contribution in [0.5, 0.6) is 0 Å². The predicted molar refractivity (Wildman–Crippen MR) is 140 cm³/mol. The van der Waals surface area contributed by atoms with E-state index in [0.29, 0.717) is 6.04 Å². The van der Waals surface area contributed by atoms with Crippen LogP contribution in [0.25, 0.3) is 10.8 Å². The Balaban J connectivity index is 1.43. The summed E-state index contributed by atoms with van der Waals surface area (Å²) >= 11 is 0. The summed E-state index contributed by atoms with van der Waals surface area (Å²) in [5, 5.41) is 11.1. The first kappa shape index (κ1) is 27.3. The Kier molecular flexibility index (Phi) is 10.4. The maximum Gasteiger partial charge on any atom is 0.330 e. The molecule has 1 aliphatic rings. The molecular formula is C27H37N5O4. The lowest BCUT2D eigenvalue weighted by molar-refractivity contribution is -0.134. The van der Waals surface area contributed by atoms with E-state index in [4.69, 9.17) is 5.73 Å². The topological polar surface area (TPSA) is 126 Å². The first-order chi connectivity index (χ1) is 17.4. The van der Waals surface area contributed by atoms with E-state index in [2.05, 4.69) is 75.0 Å². The third kappa shape index (κ3) is 7.61. The lowest BCUT2D eigenvalue weighted by Crippen LogP contribution is -2.55. The van der Waals surface area contributed by atoms with Crippen molar-refractivity contribution in [1.29, 1.82) is 0 Å². The lowest BCUT2D eigenvalue weighted by atomic mass is 9.96. The maximum absolute atomic E-state index is 12.6. The Hall–Kier alpha value is -3.27. The van der Waals surface area contributed by atoms with Crippen molar-refractivity contribution in [3.05, 3.63) is 60.2 Å². The van der Waals surface area contributed by atoms with Crippen molar-refractivity contribution in [2.24, 2.45) is 5.73 Å². The number of hydrogen-bond donors (Lipinski definition) is 4. The molecule has 0 bridgehead atoms. The molecule has 194 valence electrons. The van der Waals surface area contributed by atoms with E-state index >= 15 is 0 Å². The second-order valence-electron chi connectivity index (χ2n) is 8.96. The van der Waals surface area contributed by atoms with E-state index in [0.717, 1.165) is 25.9 Å². The van der Waals surface area contributed by atoms with Gasteiger partial charge in [-0.1, -0.05) is 48.5 Å². The van der Waals surface area contributed by atoms with Crippen molar-refractivity contribution in [3.63, 3.8) is 0 Å². The van der Waals surface area contributed by atoms with Crippen LogP contribution < -0.4 is 21.7 Å². The number of ether oxygens (including phenoxy) is 1. The summed E-state index contributed by atoms with van der Waals surface area (Å²) in [6.45, 7) is 4.23. The predicted octanol–water partition coefficient (Wildman–Crippen LogP) is 1.24. The Bertz CT molecular complexity index is 1060. The van der Waals surface area contributed by atoms with Crippen LogP contribution in [0, 0.1) is 0 Å². The number of rotatable bonds is 11. The highest BCUT2D eigenvalue weighted by atomic mass is 16.5. The van der Waals surface area contributed by atoms with E-state index in [1.165, 1.54) is 35.6 Å². The molecule has 3 rings (SSSR count). The van der Waals surface area contributed by atoms with E-state index in [1.54, 1.807) is 0 Å². The summed E-state index contributed by atoms with van der Waals surface area (Å²) in [6.07, 6.45) is 4.52. The molecule has 2 aromatic rings. The molecule has 2 aromatic carbocycles. The van der Waals surface area contributed by atoms with Crippen LogP contribution in [0.15, 0.2) is 54.6 Å². The number of nitrogens with two attached hydrogens (primary N) is 1. The molecule has 1 saturated heterocycles. The van der Waals surface area contributed by atoms with E-state index in [1.807, 2.05) is 0 Å². The molecule has 2 unspecified atom stereocenters. The zero-order chi connectivity index (χ0) is 25.9. The zero-order valence-electron chi connectivity index (χ0n) is 21.0. The number of carbonyl (C=O) groups excluding carboxylic acids is 3. The number of fused-ring (bicyclic) bond motifs is 1. The third-order valence-electron chi connectivity index (χ3n) is 6.64. The van der Waals surface area contributed by atoms with Crippen molar-refractivity contribution in [2.45, 2.75) is 37.9 Å². The number of nitrogens with one attached hydrogen (secondary N) is 3. The largest absolute Gasteiger partial charge is 0.466 e. The highest BCUT2D eigenvalue weighted by Gasteiger charge is 2.27. The quantitative estimate of drug-likeness (QED) is 0.273. The molecule has 0 aromatic heterocycles. The SMILES string of the molecule is COC(=O)/C=C/CNC(=O)CNC(=O)C(CN)NC1CCN(C(C)c2cccc3ccccc23)CC1. The summed E-state index contributed by atoms with van der Waals surface area (Å²) < 4.78 is 4.47. The van der Waals surface area contributed by atoms with Crippen molar-refractivity contribution in [2.75, 3.05) is 39.8 Å². The number of benzene rings is 2. The molecule has 2 amide bonds. The van der Waals surface area contributed by atoms with Gasteiger partial charge in [0.1, 0.15) is 0 Å². The fourth-order valence-electron chi connectivity index (χ4n) is 4.55. The van der Waals surface area contributed by atoms with Gasteiger partial charge in [0, 0.05) is 44.3 Å². The molecule has 0 radical (unpaired) electrons. The first-order valence-electron chi connectivity index (χ1n) is 12.4. The molecule has 1 heterocycles. The highest BCUT2D eigenvalue weighted by molar-refractivity contribution is 5.88. The Labute approximate surface area is 212 Å². The number of piperidine rings is 1. The molecule has 2 atom stereocenters. The zero-order valence-corrected chi connectivity index (χ0v) is 21.0. The summed E-state index contributed by atoms with van der Waals surface area (Å²) in [7, 11) is 1.28. The molecule has 0 saturated carbocycles. The van der Waals surface area contributed by atoms with Crippen LogP contribution in [-0.2, 0) is 19.1 Å². The smallest absolute Gasteiger partial charge is 0.330 e. The Morgan fingerprint density at radius 1 is 1.11 bits per heavy atom. The number of hydrogen-bond acceptors (Lipinski definition) is 7. The van der Waals surface area contributed by atoms with Crippen LogP contribution in [-0.4, -0.2) is 74.6 Å². The molecule has 0 aliphatic carbocycles. The summed E-state index contributed by atoms with van der Waals surface area (Å²) in [4.78, 5) is 38.0. The van der Waals surface area contributed by atoms with Gasteiger partial charge in [-0.3, -0.25) is 14.5 Å². The number of amides is 2. The van der Waals surface area contributed by atoms with Gasteiger partial charge in [-0.15, -0.1) is 0 Å².